The molecule has 0 spiro atoms. The van der Waals surface area contributed by atoms with E-state index in [0.717, 1.165) is 38.2 Å². The van der Waals surface area contributed by atoms with Crippen LogP contribution in [0, 0.1) is 0 Å². The second-order valence-electron chi connectivity index (χ2n) is 5.26. The molecule has 4 nitrogen and oxygen atoms in total. The molecule has 2 aliphatic rings. The van der Waals surface area contributed by atoms with Gasteiger partial charge in [-0.2, -0.15) is 11.8 Å². The summed E-state index contributed by atoms with van der Waals surface area (Å²) in [4.78, 5) is 9.20. The fraction of sp³-hybridized carbons (Fsp3) is 0.923. The zero-order chi connectivity index (χ0) is 12.8. The first-order valence-corrected chi connectivity index (χ1v) is 8.25. The van der Waals surface area contributed by atoms with Gasteiger partial charge in [0.15, 0.2) is 5.96 Å². The predicted molar refractivity (Wildman–Crippen MR) is 80.3 cm³/mol. The van der Waals surface area contributed by atoms with Gasteiger partial charge >= 0.3 is 0 Å². The highest BCUT2D eigenvalue weighted by molar-refractivity contribution is 7.99. The molecule has 1 saturated heterocycles. The van der Waals surface area contributed by atoms with Crippen LogP contribution >= 0.6 is 11.8 Å². The molecule has 5 heteroatoms. The highest BCUT2D eigenvalue weighted by atomic mass is 32.2. The van der Waals surface area contributed by atoms with Crippen LogP contribution in [0.4, 0.5) is 0 Å². The van der Waals surface area contributed by atoms with E-state index in [9.17, 15) is 0 Å². The van der Waals surface area contributed by atoms with Gasteiger partial charge < -0.3 is 15.5 Å². The number of hydrogen-bond acceptors (Lipinski definition) is 3. The van der Waals surface area contributed by atoms with E-state index in [1.54, 1.807) is 0 Å². The Bertz CT molecular complexity index is 270. The quantitative estimate of drug-likeness (QED) is 0.616. The molecule has 0 radical (unpaired) electrons. The number of likely N-dealkylation sites (N-methyl/N-ethyl adjacent to an activating group) is 1. The van der Waals surface area contributed by atoms with Gasteiger partial charge in [0, 0.05) is 37.2 Å². The first kappa shape index (κ1) is 14.0. The minimum absolute atomic E-state index is 0.745. The summed E-state index contributed by atoms with van der Waals surface area (Å²) in [7, 11) is 2.22. The van der Waals surface area contributed by atoms with Crippen LogP contribution in [0.2, 0.25) is 0 Å². The maximum atomic E-state index is 6.04. The van der Waals surface area contributed by atoms with Crippen LogP contribution in [-0.2, 0) is 0 Å². The molecule has 0 amide bonds. The minimum Gasteiger partial charge on any atom is -0.370 e. The van der Waals surface area contributed by atoms with Gasteiger partial charge in [-0.15, -0.1) is 0 Å². The van der Waals surface area contributed by atoms with Gasteiger partial charge in [0.1, 0.15) is 0 Å². The van der Waals surface area contributed by atoms with Crippen molar-refractivity contribution in [2.45, 2.75) is 31.7 Å². The van der Waals surface area contributed by atoms with Crippen LogP contribution in [0.5, 0.6) is 0 Å². The fourth-order valence-corrected chi connectivity index (χ4v) is 3.65. The summed E-state index contributed by atoms with van der Waals surface area (Å²) in [5.74, 6) is 3.10. The molecule has 1 heterocycles. The molecular weight excluding hydrogens is 244 g/mol. The van der Waals surface area contributed by atoms with E-state index >= 15 is 0 Å². The lowest BCUT2D eigenvalue weighted by Crippen LogP contribution is -2.43. The van der Waals surface area contributed by atoms with E-state index in [4.69, 9.17) is 5.73 Å². The molecule has 2 rings (SSSR count). The van der Waals surface area contributed by atoms with Crippen molar-refractivity contribution in [3.8, 4) is 0 Å². The van der Waals surface area contributed by atoms with E-state index in [2.05, 4.69) is 21.8 Å². The van der Waals surface area contributed by atoms with Gasteiger partial charge in [-0.1, -0.05) is 12.8 Å². The van der Waals surface area contributed by atoms with Crippen LogP contribution < -0.4 is 5.73 Å². The lowest BCUT2D eigenvalue weighted by molar-refractivity contribution is 0.252. The van der Waals surface area contributed by atoms with Crippen molar-refractivity contribution in [2.75, 3.05) is 44.7 Å². The van der Waals surface area contributed by atoms with E-state index < -0.39 is 0 Å². The van der Waals surface area contributed by atoms with E-state index in [-0.39, 0.29) is 0 Å². The smallest absolute Gasteiger partial charge is 0.191 e. The Balaban J connectivity index is 1.68. The largest absolute Gasteiger partial charge is 0.370 e. The van der Waals surface area contributed by atoms with Gasteiger partial charge in [0.2, 0.25) is 0 Å². The van der Waals surface area contributed by atoms with Gasteiger partial charge in [0.25, 0.3) is 0 Å². The van der Waals surface area contributed by atoms with Crippen LogP contribution in [0.25, 0.3) is 0 Å². The number of guanidine groups is 1. The molecule has 0 aromatic rings. The third-order valence-corrected chi connectivity index (χ3v) is 4.95. The molecule has 1 saturated carbocycles. The summed E-state index contributed by atoms with van der Waals surface area (Å²) >= 11 is 2.00. The molecule has 104 valence electrons. The second kappa shape index (κ2) is 7.24. The van der Waals surface area contributed by atoms with Crippen molar-refractivity contribution in [3.63, 3.8) is 0 Å². The molecule has 1 aliphatic carbocycles. The highest BCUT2D eigenvalue weighted by Crippen LogP contribution is 2.21. The van der Waals surface area contributed by atoms with Gasteiger partial charge in [-0.3, -0.25) is 4.99 Å². The molecule has 2 fully saturated rings. The second-order valence-corrected chi connectivity index (χ2v) is 6.48. The summed E-state index contributed by atoms with van der Waals surface area (Å²) in [6.07, 6.45) is 5.51. The van der Waals surface area contributed by atoms with E-state index in [1.165, 1.54) is 37.2 Å². The van der Waals surface area contributed by atoms with Crippen LogP contribution in [-0.4, -0.2) is 66.5 Å². The lowest BCUT2D eigenvalue weighted by atomic mass is 10.2. The van der Waals surface area contributed by atoms with Crippen molar-refractivity contribution in [1.82, 2.24) is 9.80 Å². The Morgan fingerprint density at radius 1 is 1.33 bits per heavy atom. The predicted octanol–water partition coefficient (Wildman–Crippen LogP) is 1.22. The lowest BCUT2D eigenvalue weighted by Gasteiger charge is -2.27. The summed E-state index contributed by atoms with van der Waals surface area (Å²) in [6.45, 7) is 3.98. The third kappa shape index (κ3) is 4.05. The highest BCUT2D eigenvalue weighted by Gasteiger charge is 2.19. The van der Waals surface area contributed by atoms with Gasteiger partial charge in [-0.25, -0.2) is 0 Å². The topological polar surface area (TPSA) is 44.9 Å². The maximum Gasteiger partial charge on any atom is 0.191 e. The van der Waals surface area contributed by atoms with Crippen molar-refractivity contribution in [1.29, 1.82) is 0 Å². The number of hydrogen-bond donors (Lipinski definition) is 1. The number of nitrogens with two attached hydrogens (primary N) is 1. The monoisotopic (exact) mass is 270 g/mol. The fourth-order valence-electron chi connectivity index (χ4n) is 2.74. The summed E-state index contributed by atoms with van der Waals surface area (Å²) in [6, 6.07) is 0.785. The standard InChI is InChI=1S/C13H26N4S/c1-16(12-4-2-3-5-12)7-6-15-13(14)17-8-10-18-11-9-17/h12H,2-11H2,1H3,(H2,14,15). The molecule has 0 aromatic carbocycles. The summed E-state index contributed by atoms with van der Waals surface area (Å²) in [5, 5.41) is 0. The van der Waals surface area contributed by atoms with Crippen molar-refractivity contribution < 1.29 is 0 Å². The van der Waals surface area contributed by atoms with E-state index in [1.807, 2.05) is 11.8 Å². The normalized spacial score (nSPS) is 23.0. The SMILES string of the molecule is CN(CCN=C(N)N1CCSCC1)C1CCCC1. The maximum absolute atomic E-state index is 6.04. The van der Waals surface area contributed by atoms with Crippen molar-refractivity contribution >= 4 is 17.7 Å². The molecule has 0 bridgehead atoms. The van der Waals surface area contributed by atoms with Gasteiger partial charge in [0.05, 0.1) is 6.54 Å². The van der Waals surface area contributed by atoms with Crippen LogP contribution in [0.15, 0.2) is 4.99 Å². The molecule has 1 aliphatic heterocycles. The molecule has 0 aromatic heterocycles. The Labute approximate surface area is 115 Å². The molecular formula is C13H26N4S. The molecule has 0 unspecified atom stereocenters. The van der Waals surface area contributed by atoms with Crippen molar-refractivity contribution in [2.24, 2.45) is 10.7 Å². The van der Waals surface area contributed by atoms with Crippen LogP contribution in [0.1, 0.15) is 25.7 Å². The van der Waals surface area contributed by atoms with Crippen LogP contribution in [0.3, 0.4) is 0 Å². The molecule has 0 atom stereocenters. The molecule has 18 heavy (non-hydrogen) atoms. The molecule has 2 N–H and O–H groups in total. The zero-order valence-corrected chi connectivity index (χ0v) is 12.3. The zero-order valence-electron chi connectivity index (χ0n) is 11.5. The number of aliphatic imine (C=N–C) groups is 1. The first-order chi connectivity index (χ1) is 8.77. The number of rotatable bonds is 4. The summed E-state index contributed by atoms with van der Waals surface area (Å²) in [5.41, 5.74) is 6.04. The number of thioether (sulfide) groups is 1. The van der Waals surface area contributed by atoms with Crippen molar-refractivity contribution in [3.05, 3.63) is 0 Å². The average Bonchev–Trinajstić information content (AvgIpc) is 2.93. The van der Waals surface area contributed by atoms with Gasteiger partial charge in [-0.05, 0) is 19.9 Å². The average molecular weight is 270 g/mol. The Kier molecular flexibility index (Phi) is 5.63. The summed E-state index contributed by atoms with van der Waals surface area (Å²) < 4.78 is 0. The number of nitrogens with zero attached hydrogens (tertiary/aromatic N) is 3. The Morgan fingerprint density at radius 2 is 2.00 bits per heavy atom. The first-order valence-electron chi connectivity index (χ1n) is 7.10. The Hall–Kier alpha value is -0.420. The minimum atomic E-state index is 0.745. The van der Waals surface area contributed by atoms with E-state index in [0.29, 0.717) is 0 Å². The Morgan fingerprint density at radius 3 is 2.67 bits per heavy atom. The third-order valence-electron chi connectivity index (χ3n) is 4.01.